The summed E-state index contributed by atoms with van der Waals surface area (Å²) in [4.78, 5) is 0. The van der Waals surface area contributed by atoms with Crippen molar-refractivity contribution in [3.05, 3.63) is 0 Å². The highest BCUT2D eigenvalue weighted by atomic mass is 32.2. The van der Waals surface area contributed by atoms with E-state index in [0.29, 0.717) is 6.42 Å². The Labute approximate surface area is 84.5 Å². The zero-order chi connectivity index (χ0) is 9.52. The first-order valence-corrected chi connectivity index (χ1v) is 5.87. The number of aliphatic hydroxyl groups is 1. The van der Waals surface area contributed by atoms with Crippen molar-refractivity contribution in [1.82, 2.24) is 5.32 Å². The van der Waals surface area contributed by atoms with Gasteiger partial charge < -0.3 is 10.4 Å². The van der Waals surface area contributed by atoms with Crippen molar-refractivity contribution in [3.63, 3.8) is 0 Å². The second kappa shape index (κ2) is 6.31. The lowest BCUT2D eigenvalue weighted by molar-refractivity contribution is 0.240. The standard InChI is InChI=1S/C10H17NOS/c1-2-3-10(7-12)11-6-9-4-5-13-8-9/h1,9-12H,3-8H2. The summed E-state index contributed by atoms with van der Waals surface area (Å²) in [6.07, 6.45) is 7.10. The summed E-state index contributed by atoms with van der Waals surface area (Å²) in [5.74, 6) is 5.88. The molecule has 0 radical (unpaired) electrons. The molecule has 0 aromatic heterocycles. The highest BCUT2D eigenvalue weighted by molar-refractivity contribution is 7.99. The molecule has 0 aromatic rings. The molecule has 0 amide bonds. The molecular weight excluding hydrogens is 182 g/mol. The predicted molar refractivity (Wildman–Crippen MR) is 57.8 cm³/mol. The Morgan fingerprint density at radius 3 is 3.08 bits per heavy atom. The third-order valence-electron chi connectivity index (χ3n) is 2.30. The predicted octanol–water partition coefficient (Wildman–Crippen LogP) is 0.713. The molecule has 13 heavy (non-hydrogen) atoms. The van der Waals surface area contributed by atoms with Gasteiger partial charge >= 0.3 is 0 Å². The zero-order valence-corrected chi connectivity index (χ0v) is 8.65. The third-order valence-corrected chi connectivity index (χ3v) is 3.54. The number of rotatable bonds is 5. The maximum atomic E-state index is 8.97. The Kier molecular flexibility index (Phi) is 5.29. The number of aliphatic hydroxyl groups excluding tert-OH is 1. The molecule has 2 N–H and O–H groups in total. The van der Waals surface area contributed by atoms with Gasteiger partial charge in [-0.25, -0.2) is 0 Å². The fourth-order valence-electron chi connectivity index (χ4n) is 1.42. The third kappa shape index (κ3) is 4.04. The van der Waals surface area contributed by atoms with E-state index >= 15 is 0 Å². The Balaban J connectivity index is 2.11. The fraction of sp³-hybridized carbons (Fsp3) is 0.800. The molecule has 0 bridgehead atoms. The van der Waals surface area contributed by atoms with Gasteiger partial charge in [0.05, 0.1) is 6.61 Å². The summed E-state index contributed by atoms with van der Waals surface area (Å²) < 4.78 is 0. The topological polar surface area (TPSA) is 32.3 Å². The van der Waals surface area contributed by atoms with Gasteiger partial charge in [-0.15, -0.1) is 12.3 Å². The van der Waals surface area contributed by atoms with Crippen molar-refractivity contribution in [1.29, 1.82) is 0 Å². The van der Waals surface area contributed by atoms with Crippen molar-refractivity contribution in [2.24, 2.45) is 5.92 Å². The highest BCUT2D eigenvalue weighted by Gasteiger charge is 2.16. The fourth-order valence-corrected chi connectivity index (χ4v) is 2.71. The van der Waals surface area contributed by atoms with Crippen LogP contribution in [0.4, 0.5) is 0 Å². The second-order valence-corrected chi connectivity index (χ2v) is 4.58. The monoisotopic (exact) mass is 199 g/mol. The molecule has 0 spiro atoms. The van der Waals surface area contributed by atoms with E-state index in [0.717, 1.165) is 12.5 Å². The van der Waals surface area contributed by atoms with Gasteiger partial charge in [0.25, 0.3) is 0 Å². The average Bonchev–Trinajstić information content (AvgIpc) is 2.64. The van der Waals surface area contributed by atoms with Crippen LogP contribution >= 0.6 is 11.8 Å². The summed E-state index contributed by atoms with van der Waals surface area (Å²) in [6, 6.07) is 0.0931. The molecule has 1 fully saturated rings. The molecule has 0 saturated carbocycles. The maximum Gasteiger partial charge on any atom is 0.0593 e. The lowest BCUT2D eigenvalue weighted by Crippen LogP contribution is -2.35. The van der Waals surface area contributed by atoms with Gasteiger partial charge in [-0.2, -0.15) is 11.8 Å². The highest BCUT2D eigenvalue weighted by Crippen LogP contribution is 2.22. The molecule has 2 atom stereocenters. The lowest BCUT2D eigenvalue weighted by Gasteiger charge is -2.16. The van der Waals surface area contributed by atoms with Crippen LogP contribution in [0, 0.1) is 18.3 Å². The van der Waals surface area contributed by atoms with Gasteiger partial charge in [0, 0.05) is 12.5 Å². The van der Waals surface area contributed by atoms with E-state index in [1.807, 2.05) is 11.8 Å². The van der Waals surface area contributed by atoms with Crippen LogP contribution in [0.2, 0.25) is 0 Å². The number of terminal acetylenes is 1. The van der Waals surface area contributed by atoms with Crippen molar-refractivity contribution < 1.29 is 5.11 Å². The number of nitrogens with one attached hydrogen (secondary N) is 1. The first-order valence-electron chi connectivity index (χ1n) is 4.72. The van der Waals surface area contributed by atoms with Gasteiger partial charge in [-0.05, 0) is 30.4 Å². The minimum Gasteiger partial charge on any atom is -0.395 e. The van der Waals surface area contributed by atoms with E-state index in [4.69, 9.17) is 11.5 Å². The van der Waals surface area contributed by atoms with Crippen LogP contribution in [0.15, 0.2) is 0 Å². The Morgan fingerprint density at radius 2 is 2.54 bits per heavy atom. The van der Waals surface area contributed by atoms with E-state index in [9.17, 15) is 0 Å². The summed E-state index contributed by atoms with van der Waals surface area (Å²) >= 11 is 2.01. The van der Waals surface area contributed by atoms with Gasteiger partial charge in [-0.3, -0.25) is 0 Å². The molecule has 1 rings (SSSR count). The van der Waals surface area contributed by atoms with Crippen LogP contribution in [0.3, 0.4) is 0 Å². The van der Waals surface area contributed by atoms with E-state index in [1.165, 1.54) is 17.9 Å². The van der Waals surface area contributed by atoms with Crippen molar-refractivity contribution in [3.8, 4) is 12.3 Å². The largest absolute Gasteiger partial charge is 0.395 e. The van der Waals surface area contributed by atoms with Crippen LogP contribution in [-0.4, -0.2) is 35.8 Å². The van der Waals surface area contributed by atoms with Crippen LogP contribution in [0.25, 0.3) is 0 Å². The molecule has 1 heterocycles. The lowest BCUT2D eigenvalue weighted by atomic mass is 10.1. The molecular formula is C10H17NOS. The van der Waals surface area contributed by atoms with E-state index in [1.54, 1.807) is 0 Å². The summed E-state index contributed by atoms with van der Waals surface area (Å²) in [5.41, 5.74) is 0. The molecule has 3 heteroatoms. The Bertz CT molecular complexity index is 172. The smallest absolute Gasteiger partial charge is 0.0593 e. The summed E-state index contributed by atoms with van der Waals surface area (Å²) in [7, 11) is 0. The molecule has 2 unspecified atom stereocenters. The molecule has 1 aliphatic rings. The Morgan fingerprint density at radius 1 is 1.69 bits per heavy atom. The van der Waals surface area contributed by atoms with Crippen LogP contribution in [0.1, 0.15) is 12.8 Å². The maximum absolute atomic E-state index is 8.97. The van der Waals surface area contributed by atoms with E-state index in [2.05, 4.69) is 11.2 Å². The molecule has 0 aliphatic carbocycles. The van der Waals surface area contributed by atoms with E-state index in [-0.39, 0.29) is 12.6 Å². The number of hydrogen-bond donors (Lipinski definition) is 2. The van der Waals surface area contributed by atoms with Crippen molar-refractivity contribution in [2.45, 2.75) is 18.9 Å². The molecule has 0 aromatic carbocycles. The Hall–Kier alpha value is -0.170. The minimum absolute atomic E-state index is 0.0931. The van der Waals surface area contributed by atoms with Gasteiger partial charge in [0.2, 0.25) is 0 Å². The van der Waals surface area contributed by atoms with Gasteiger partial charge in [0.1, 0.15) is 0 Å². The van der Waals surface area contributed by atoms with Gasteiger partial charge in [0.15, 0.2) is 0 Å². The van der Waals surface area contributed by atoms with Crippen molar-refractivity contribution in [2.75, 3.05) is 24.7 Å². The van der Waals surface area contributed by atoms with E-state index < -0.39 is 0 Å². The van der Waals surface area contributed by atoms with Crippen LogP contribution in [0.5, 0.6) is 0 Å². The number of hydrogen-bond acceptors (Lipinski definition) is 3. The van der Waals surface area contributed by atoms with Crippen molar-refractivity contribution >= 4 is 11.8 Å². The van der Waals surface area contributed by atoms with Crippen LogP contribution < -0.4 is 5.32 Å². The SMILES string of the molecule is C#CCC(CO)NCC1CCSC1. The molecule has 2 nitrogen and oxygen atoms in total. The summed E-state index contributed by atoms with van der Waals surface area (Å²) in [5, 5.41) is 12.3. The average molecular weight is 199 g/mol. The normalized spacial score (nSPS) is 24.2. The first kappa shape index (κ1) is 10.9. The zero-order valence-electron chi connectivity index (χ0n) is 7.83. The first-order chi connectivity index (χ1) is 6.36. The molecule has 74 valence electrons. The molecule has 1 aliphatic heterocycles. The second-order valence-electron chi connectivity index (χ2n) is 3.43. The quantitative estimate of drug-likeness (QED) is 0.640. The molecule has 1 saturated heterocycles. The summed E-state index contributed by atoms with van der Waals surface area (Å²) in [6.45, 7) is 1.14. The number of thioether (sulfide) groups is 1. The van der Waals surface area contributed by atoms with Gasteiger partial charge in [-0.1, -0.05) is 0 Å². The van der Waals surface area contributed by atoms with Crippen LogP contribution in [-0.2, 0) is 0 Å². The minimum atomic E-state index is 0.0931.